The summed E-state index contributed by atoms with van der Waals surface area (Å²) in [6.07, 6.45) is 7.21. The molecule has 3 nitrogen and oxygen atoms in total. The van der Waals surface area contributed by atoms with Gasteiger partial charge in [0.25, 0.3) is 0 Å². The van der Waals surface area contributed by atoms with Gasteiger partial charge in [0.1, 0.15) is 0 Å². The molecule has 0 aromatic carbocycles. The molecule has 0 saturated heterocycles. The zero-order chi connectivity index (χ0) is 6.97. The lowest BCUT2D eigenvalue weighted by molar-refractivity contribution is 1.10. The molecule has 0 radical (unpaired) electrons. The van der Waals surface area contributed by atoms with Crippen molar-refractivity contribution < 1.29 is 0 Å². The number of aromatic nitrogens is 3. The number of imidazole rings is 1. The summed E-state index contributed by atoms with van der Waals surface area (Å²) in [5.41, 5.74) is 0. The first-order chi connectivity index (χ1) is 4.86. The van der Waals surface area contributed by atoms with E-state index in [4.69, 9.17) is 0 Å². The summed E-state index contributed by atoms with van der Waals surface area (Å²) in [5.74, 6) is 0.725. The van der Waals surface area contributed by atoms with Gasteiger partial charge < -0.3 is 0 Å². The SMILES string of the molecule is Br.Brc1cnc2nccn2c1. The van der Waals surface area contributed by atoms with Crippen molar-refractivity contribution in [2.45, 2.75) is 0 Å². The number of hydrogen-bond donors (Lipinski definition) is 0. The lowest BCUT2D eigenvalue weighted by Crippen LogP contribution is -1.85. The highest BCUT2D eigenvalue weighted by Crippen LogP contribution is 2.06. The molecule has 0 saturated carbocycles. The molecule has 2 aromatic rings. The van der Waals surface area contributed by atoms with Gasteiger partial charge in [-0.1, -0.05) is 0 Å². The molecule has 2 rings (SSSR count). The van der Waals surface area contributed by atoms with Crippen LogP contribution in [0.2, 0.25) is 0 Å². The minimum Gasteiger partial charge on any atom is -0.290 e. The first kappa shape index (κ1) is 8.67. The Bertz CT molecular complexity index is 357. The van der Waals surface area contributed by atoms with Gasteiger partial charge in [0.15, 0.2) is 0 Å². The fraction of sp³-hybridized carbons (Fsp3) is 0. The molecule has 0 fully saturated rings. The van der Waals surface area contributed by atoms with E-state index >= 15 is 0 Å². The van der Waals surface area contributed by atoms with Gasteiger partial charge in [-0.15, -0.1) is 17.0 Å². The Kier molecular flexibility index (Phi) is 2.62. The van der Waals surface area contributed by atoms with Gasteiger partial charge in [-0.25, -0.2) is 9.97 Å². The molecule has 5 heteroatoms. The Morgan fingerprint density at radius 2 is 2.18 bits per heavy atom. The molecule has 0 N–H and O–H groups in total. The van der Waals surface area contributed by atoms with Crippen molar-refractivity contribution in [1.82, 2.24) is 14.4 Å². The van der Waals surface area contributed by atoms with Crippen LogP contribution in [0.3, 0.4) is 0 Å². The van der Waals surface area contributed by atoms with Crippen LogP contribution in [-0.4, -0.2) is 14.4 Å². The van der Waals surface area contributed by atoms with Gasteiger partial charge in [-0.05, 0) is 15.9 Å². The Labute approximate surface area is 82.4 Å². The highest BCUT2D eigenvalue weighted by molar-refractivity contribution is 9.10. The van der Waals surface area contributed by atoms with Crippen LogP contribution in [-0.2, 0) is 0 Å². The van der Waals surface area contributed by atoms with Crippen molar-refractivity contribution in [3.8, 4) is 0 Å². The third kappa shape index (κ3) is 1.59. The fourth-order valence-corrected chi connectivity index (χ4v) is 1.11. The Morgan fingerprint density at radius 1 is 1.36 bits per heavy atom. The minimum absolute atomic E-state index is 0. The number of rotatable bonds is 0. The summed E-state index contributed by atoms with van der Waals surface area (Å²) < 4.78 is 2.81. The molecule has 58 valence electrons. The Hall–Kier alpha value is -0.420. The van der Waals surface area contributed by atoms with Gasteiger partial charge in [0, 0.05) is 24.8 Å². The van der Waals surface area contributed by atoms with E-state index in [0.29, 0.717) is 0 Å². The van der Waals surface area contributed by atoms with E-state index < -0.39 is 0 Å². The number of hydrogen-bond acceptors (Lipinski definition) is 2. The summed E-state index contributed by atoms with van der Waals surface area (Å²) in [7, 11) is 0. The average Bonchev–Trinajstić information content (AvgIpc) is 2.33. The van der Waals surface area contributed by atoms with Crippen LogP contribution < -0.4 is 0 Å². The maximum atomic E-state index is 4.05. The van der Waals surface area contributed by atoms with Crippen molar-refractivity contribution >= 4 is 38.7 Å². The van der Waals surface area contributed by atoms with Gasteiger partial charge in [0.2, 0.25) is 5.78 Å². The van der Waals surface area contributed by atoms with Crippen molar-refractivity contribution in [2.24, 2.45) is 0 Å². The standard InChI is InChI=1S/C6H4BrN3.BrH/c7-5-3-9-6-8-1-2-10(6)4-5;/h1-4H;1H. The second-order valence-corrected chi connectivity index (χ2v) is 2.82. The van der Waals surface area contributed by atoms with Crippen LogP contribution in [0.25, 0.3) is 5.78 Å². The molecular formula is C6H5Br2N3. The van der Waals surface area contributed by atoms with Crippen molar-refractivity contribution in [3.63, 3.8) is 0 Å². The largest absolute Gasteiger partial charge is 0.290 e. The number of nitrogens with zero attached hydrogens (tertiary/aromatic N) is 3. The smallest absolute Gasteiger partial charge is 0.233 e. The number of fused-ring (bicyclic) bond motifs is 1. The van der Waals surface area contributed by atoms with E-state index in [1.807, 2.05) is 16.8 Å². The lowest BCUT2D eigenvalue weighted by atomic mass is 10.7. The van der Waals surface area contributed by atoms with Crippen LogP contribution in [0.4, 0.5) is 0 Å². The number of halogens is 2. The van der Waals surface area contributed by atoms with Crippen molar-refractivity contribution in [3.05, 3.63) is 29.3 Å². The first-order valence-electron chi connectivity index (χ1n) is 2.80. The maximum Gasteiger partial charge on any atom is 0.233 e. The Morgan fingerprint density at radius 3 is 3.00 bits per heavy atom. The second kappa shape index (κ2) is 3.32. The molecule has 11 heavy (non-hydrogen) atoms. The van der Waals surface area contributed by atoms with Gasteiger partial charge in [-0.2, -0.15) is 0 Å². The summed E-state index contributed by atoms with van der Waals surface area (Å²) in [5, 5.41) is 0. The minimum atomic E-state index is 0. The molecule has 0 spiro atoms. The predicted octanol–water partition coefficient (Wildman–Crippen LogP) is 2.07. The zero-order valence-electron chi connectivity index (χ0n) is 5.44. The molecule has 2 heterocycles. The summed E-state index contributed by atoms with van der Waals surface area (Å²) in [6, 6.07) is 0. The maximum absolute atomic E-state index is 4.05. The van der Waals surface area contributed by atoms with Gasteiger partial charge >= 0.3 is 0 Å². The van der Waals surface area contributed by atoms with Crippen LogP contribution in [0.1, 0.15) is 0 Å². The highest BCUT2D eigenvalue weighted by atomic mass is 79.9. The summed E-state index contributed by atoms with van der Waals surface area (Å²) in [4.78, 5) is 8.04. The molecule has 0 aliphatic rings. The average molecular weight is 279 g/mol. The molecule has 0 unspecified atom stereocenters. The van der Waals surface area contributed by atoms with E-state index in [1.165, 1.54) is 0 Å². The van der Waals surface area contributed by atoms with Crippen LogP contribution in [0.5, 0.6) is 0 Å². The monoisotopic (exact) mass is 277 g/mol. The van der Waals surface area contributed by atoms with Crippen molar-refractivity contribution in [1.29, 1.82) is 0 Å². The van der Waals surface area contributed by atoms with E-state index in [9.17, 15) is 0 Å². The third-order valence-electron chi connectivity index (χ3n) is 1.21. The van der Waals surface area contributed by atoms with E-state index in [1.54, 1.807) is 12.4 Å². The van der Waals surface area contributed by atoms with Crippen LogP contribution in [0, 0.1) is 0 Å². The van der Waals surface area contributed by atoms with Crippen LogP contribution >= 0.6 is 32.9 Å². The van der Waals surface area contributed by atoms with Crippen LogP contribution in [0.15, 0.2) is 29.3 Å². The normalized spacial score (nSPS) is 9.55. The lowest BCUT2D eigenvalue weighted by Gasteiger charge is -1.90. The topological polar surface area (TPSA) is 30.2 Å². The summed E-state index contributed by atoms with van der Waals surface area (Å²) in [6.45, 7) is 0. The molecule has 0 aliphatic carbocycles. The Balaban J connectivity index is 0.000000605. The van der Waals surface area contributed by atoms with Gasteiger partial charge in [0.05, 0.1) is 4.47 Å². The van der Waals surface area contributed by atoms with E-state index in [-0.39, 0.29) is 17.0 Å². The molecule has 0 amide bonds. The van der Waals surface area contributed by atoms with E-state index in [0.717, 1.165) is 10.3 Å². The fourth-order valence-electron chi connectivity index (χ4n) is 0.792. The molecule has 2 aromatic heterocycles. The molecule has 0 aliphatic heterocycles. The highest BCUT2D eigenvalue weighted by Gasteiger charge is 1.92. The molecular weight excluding hydrogens is 274 g/mol. The van der Waals surface area contributed by atoms with Gasteiger partial charge in [-0.3, -0.25) is 4.40 Å². The van der Waals surface area contributed by atoms with Crippen molar-refractivity contribution in [2.75, 3.05) is 0 Å². The first-order valence-corrected chi connectivity index (χ1v) is 3.60. The van der Waals surface area contributed by atoms with E-state index in [2.05, 4.69) is 25.9 Å². The quantitative estimate of drug-likeness (QED) is 0.739. The zero-order valence-corrected chi connectivity index (χ0v) is 8.74. The third-order valence-corrected chi connectivity index (χ3v) is 1.62. The predicted molar refractivity (Wildman–Crippen MR) is 51.0 cm³/mol. The molecule has 0 atom stereocenters. The molecule has 0 bridgehead atoms. The second-order valence-electron chi connectivity index (χ2n) is 1.91. The summed E-state index contributed by atoms with van der Waals surface area (Å²) >= 11 is 3.31.